The first-order chi connectivity index (χ1) is 12.7. The molecule has 0 saturated carbocycles. The first kappa shape index (κ1) is 17.9. The molecule has 2 heterocycles. The van der Waals surface area contributed by atoms with Crippen LogP contribution in [0.4, 0.5) is 5.69 Å². The van der Waals surface area contributed by atoms with Gasteiger partial charge in [-0.15, -0.1) is 0 Å². The largest absolute Gasteiger partial charge is 0.465 e. The van der Waals surface area contributed by atoms with E-state index in [-0.39, 0.29) is 11.9 Å². The summed E-state index contributed by atoms with van der Waals surface area (Å²) in [6, 6.07) is 11.3. The van der Waals surface area contributed by atoms with Crippen molar-refractivity contribution >= 4 is 17.6 Å². The molecule has 1 fully saturated rings. The average molecular weight is 353 g/mol. The van der Waals surface area contributed by atoms with E-state index < -0.39 is 0 Å². The minimum atomic E-state index is -0.333. The van der Waals surface area contributed by atoms with Gasteiger partial charge in [-0.05, 0) is 42.3 Å². The average Bonchev–Trinajstić information content (AvgIpc) is 2.72. The van der Waals surface area contributed by atoms with Crippen molar-refractivity contribution in [1.29, 1.82) is 0 Å². The molecule has 0 unspecified atom stereocenters. The highest BCUT2D eigenvalue weighted by Gasteiger charge is 2.21. The van der Waals surface area contributed by atoms with Crippen molar-refractivity contribution in [3.63, 3.8) is 0 Å². The number of benzene rings is 1. The normalized spacial score (nSPS) is 14.2. The Bertz CT molecular complexity index is 739. The van der Waals surface area contributed by atoms with Gasteiger partial charge in [0.15, 0.2) is 0 Å². The molecule has 1 aromatic heterocycles. The second kappa shape index (κ2) is 8.47. The molecule has 6 nitrogen and oxygen atoms in total. The summed E-state index contributed by atoms with van der Waals surface area (Å²) < 4.78 is 4.72. The Balaban J connectivity index is 1.49. The predicted molar refractivity (Wildman–Crippen MR) is 99.1 cm³/mol. The van der Waals surface area contributed by atoms with Gasteiger partial charge in [0.2, 0.25) is 5.91 Å². The number of anilines is 1. The molecule has 1 aliphatic heterocycles. The van der Waals surface area contributed by atoms with E-state index in [0.29, 0.717) is 25.1 Å². The summed E-state index contributed by atoms with van der Waals surface area (Å²) >= 11 is 0. The number of aromatic nitrogens is 1. The van der Waals surface area contributed by atoms with Crippen LogP contribution in [0.2, 0.25) is 0 Å². The number of esters is 1. The zero-order chi connectivity index (χ0) is 18.4. The van der Waals surface area contributed by atoms with Gasteiger partial charge in [-0.1, -0.05) is 6.07 Å². The fourth-order valence-electron chi connectivity index (χ4n) is 3.10. The molecule has 0 N–H and O–H groups in total. The van der Waals surface area contributed by atoms with Crippen LogP contribution in [0.25, 0.3) is 0 Å². The molecule has 1 saturated heterocycles. The van der Waals surface area contributed by atoms with Crippen molar-refractivity contribution in [2.24, 2.45) is 0 Å². The van der Waals surface area contributed by atoms with Gasteiger partial charge in [0.05, 0.1) is 12.7 Å². The Morgan fingerprint density at radius 1 is 1.08 bits per heavy atom. The second-order valence-corrected chi connectivity index (χ2v) is 6.27. The van der Waals surface area contributed by atoms with Gasteiger partial charge in [0.25, 0.3) is 0 Å². The van der Waals surface area contributed by atoms with Gasteiger partial charge in [0, 0.05) is 50.7 Å². The lowest BCUT2D eigenvalue weighted by Gasteiger charge is -2.36. The number of aryl methyl sites for hydroxylation is 1. The van der Waals surface area contributed by atoms with Crippen molar-refractivity contribution in [3.8, 4) is 0 Å². The summed E-state index contributed by atoms with van der Waals surface area (Å²) in [6.07, 6.45) is 4.78. The highest BCUT2D eigenvalue weighted by atomic mass is 16.5. The molecule has 0 radical (unpaired) electrons. The lowest BCUT2D eigenvalue weighted by Crippen LogP contribution is -2.48. The van der Waals surface area contributed by atoms with Crippen molar-refractivity contribution in [2.75, 3.05) is 38.2 Å². The Labute approximate surface area is 153 Å². The summed E-state index contributed by atoms with van der Waals surface area (Å²) in [7, 11) is 1.38. The molecule has 2 aromatic rings. The van der Waals surface area contributed by atoms with E-state index in [4.69, 9.17) is 4.74 Å². The number of ether oxygens (including phenoxy) is 1. The smallest absolute Gasteiger partial charge is 0.337 e. The van der Waals surface area contributed by atoms with Crippen LogP contribution in [0.5, 0.6) is 0 Å². The number of piperazine rings is 1. The highest BCUT2D eigenvalue weighted by Crippen LogP contribution is 2.18. The predicted octanol–water partition coefficient (Wildman–Crippen LogP) is 2.15. The minimum absolute atomic E-state index is 0.189. The third kappa shape index (κ3) is 4.39. The van der Waals surface area contributed by atoms with Gasteiger partial charge in [0.1, 0.15) is 0 Å². The quantitative estimate of drug-likeness (QED) is 0.771. The number of rotatable bonds is 5. The molecule has 136 valence electrons. The lowest BCUT2D eigenvalue weighted by atomic mass is 10.1. The molecule has 0 spiro atoms. The molecule has 0 bridgehead atoms. The van der Waals surface area contributed by atoms with E-state index >= 15 is 0 Å². The molecular formula is C20H23N3O3. The number of hydrogen-bond acceptors (Lipinski definition) is 5. The maximum absolute atomic E-state index is 12.4. The standard InChI is InChI=1S/C20H23N3O3/c1-26-20(25)17-5-7-18(8-6-17)22-11-13-23(14-12-22)19(24)9-4-16-3-2-10-21-15-16/h2-3,5-8,10,15H,4,9,11-14H2,1H3. The van der Waals surface area contributed by atoms with Crippen LogP contribution in [0.1, 0.15) is 22.3 Å². The summed E-state index contributed by atoms with van der Waals surface area (Å²) in [5.41, 5.74) is 2.69. The van der Waals surface area contributed by atoms with Gasteiger partial charge < -0.3 is 14.5 Å². The Morgan fingerprint density at radius 3 is 2.42 bits per heavy atom. The summed E-state index contributed by atoms with van der Waals surface area (Å²) in [5.74, 6) is -0.143. The number of methoxy groups -OCH3 is 1. The van der Waals surface area contributed by atoms with Crippen LogP contribution in [0, 0.1) is 0 Å². The van der Waals surface area contributed by atoms with Crippen molar-refractivity contribution in [3.05, 3.63) is 59.9 Å². The number of carbonyl (C=O) groups is 2. The number of carbonyl (C=O) groups excluding carboxylic acids is 2. The van der Waals surface area contributed by atoms with Crippen LogP contribution in [0.15, 0.2) is 48.8 Å². The molecule has 3 rings (SSSR count). The first-order valence-electron chi connectivity index (χ1n) is 8.77. The third-order valence-corrected chi connectivity index (χ3v) is 4.64. The zero-order valence-corrected chi connectivity index (χ0v) is 14.9. The summed E-state index contributed by atoms with van der Waals surface area (Å²) in [4.78, 5) is 32.1. The van der Waals surface area contributed by atoms with Crippen LogP contribution in [-0.2, 0) is 16.0 Å². The molecule has 0 atom stereocenters. The van der Waals surface area contributed by atoms with Crippen LogP contribution in [-0.4, -0.2) is 55.0 Å². The number of nitrogens with zero attached hydrogens (tertiary/aromatic N) is 3. The molecule has 1 amide bonds. The molecular weight excluding hydrogens is 330 g/mol. The minimum Gasteiger partial charge on any atom is -0.465 e. The zero-order valence-electron chi connectivity index (χ0n) is 14.9. The summed E-state index contributed by atoms with van der Waals surface area (Å²) in [6.45, 7) is 3.00. The van der Waals surface area contributed by atoms with Gasteiger partial charge in [-0.3, -0.25) is 9.78 Å². The highest BCUT2D eigenvalue weighted by molar-refractivity contribution is 5.89. The fraction of sp³-hybridized carbons (Fsp3) is 0.350. The van der Waals surface area contributed by atoms with Crippen LogP contribution < -0.4 is 4.90 Å². The van der Waals surface area contributed by atoms with Crippen molar-refractivity contribution < 1.29 is 14.3 Å². The van der Waals surface area contributed by atoms with E-state index in [1.807, 2.05) is 35.4 Å². The lowest BCUT2D eigenvalue weighted by molar-refractivity contribution is -0.131. The molecule has 26 heavy (non-hydrogen) atoms. The maximum Gasteiger partial charge on any atom is 0.337 e. The van der Waals surface area contributed by atoms with Crippen molar-refractivity contribution in [1.82, 2.24) is 9.88 Å². The monoisotopic (exact) mass is 353 g/mol. The maximum atomic E-state index is 12.4. The van der Waals surface area contributed by atoms with Gasteiger partial charge >= 0.3 is 5.97 Å². The van der Waals surface area contributed by atoms with Crippen molar-refractivity contribution in [2.45, 2.75) is 12.8 Å². The number of pyridine rings is 1. The Morgan fingerprint density at radius 2 is 1.81 bits per heavy atom. The van der Waals surface area contributed by atoms with Gasteiger partial charge in [-0.2, -0.15) is 0 Å². The van der Waals surface area contributed by atoms with E-state index in [1.54, 1.807) is 18.3 Å². The summed E-state index contributed by atoms with van der Waals surface area (Å²) in [5, 5.41) is 0. The topological polar surface area (TPSA) is 62.7 Å². The molecule has 1 aromatic carbocycles. The Kier molecular flexibility index (Phi) is 5.84. The molecule has 1 aliphatic rings. The second-order valence-electron chi connectivity index (χ2n) is 6.27. The molecule has 0 aliphatic carbocycles. The number of amides is 1. The molecule has 6 heteroatoms. The fourth-order valence-corrected chi connectivity index (χ4v) is 3.10. The van der Waals surface area contributed by atoms with E-state index in [9.17, 15) is 9.59 Å². The SMILES string of the molecule is COC(=O)c1ccc(N2CCN(C(=O)CCc3cccnc3)CC2)cc1. The first-order valence-corrected chi connectivity index (χ1v) is 8.77. The van der Waals surface area contributed by atoms with Crippen LogP contribution in [0.3, 0.4) is 0 Å². The Hall–Kier alpha value is -2.89. The third-order valence-electron chi connectivity index (χ3n) is 4.64. The van der Waals surface area contributed by atoms with E-state index in [1.165, 1.54) is 7.11 Å². The van der Waals surface area contributed by atoms with E-state index in [2.05, 4.69) is 9.88 Å². The number of hydrogen-bond donors (Lipinski definition) is 0. The van der Waals surface area contributed by atoms with Crippen LogP contribution >= 0.6 is 0 Å². The van der Waals surface area contributed by atoms with Gasteiger partial charge in [-0.25, -0.2) is 4.79 Å². The van der Waals surface area contributed by atoms with E-state index in [0.717, 1.165) is 30.8 Å².